The van der Waals surface area contributed by atoms with Crippen LogP contribution in [0.25, 0.3) is 0 Å². The summed E-state index contributed by atoms with van der Waals surface area (Å²) in [5, 5.41) is 0.366. The average Bonchev–Trinajstić information content (AvgIpc) is 2.37. The lowest BCUT2D eigenvalue weighted by Crippen LogP contribution is -2.55. The van der Waals surface area contributed by atoms with Crippen LogP contribution in [0.1, 0.15) is 24.2 Å². The summed E-state index contributed by atoms with van der Waals surface area (Å²) in [5.74, 6) is -0.102. The number of nitrogens with zero attached hydrogens (tertiary/aromatic N) is 2. The van der Waals surface area contributed by atoms with Crippen molar-refractivity contribution in [2.75, 3.05) is 26.8 Å². The molecule has 5 nitrogen and oxygen atoms in total. The van der Waals surface area contributed by atoms with E-state index in [0.29, 0.717) is 30.3 Å². The quantitative estimate of drug-likeness (QED) is 0.856. The Morgan fingerprint density at radius 1 is 1.65 bits per heavy atom. The Kier molecular flexibility index (Phi) is 4.62. The molecular formula is C14H19ClN2O3. The highest BCUT2D eigenvalue weighted by atomic mass is 35.5. The fourth-order valence-electron chi connectivity index (χ4n) is 2.44. The lowest BCUT2D eigenvalue weighted by Gasteiger charge is -2.42. The van der Waals surface area contributed by atoms with Crippen LogP contribution < -0.4 is 0 Å². The molecule has 6 heteroatoms. The zero-order chi connectivity index (χ0) is 14.8. The van der Waals surface area contributed by atoms with Crippen molar-refractivity contribution in [1.29, 1.82) is 0 Å². The first-order chi connectivity index (χ1) is 9.43. The number of hydrogen-bond acceptors (Lipinski definition) is 4. The van der Waals surface area contributed by atoms with Gasteiger partial charge in [-0.15, -0.1) is 0 Å². The van der Waals surface area contributed by atoms with Crippen LogP contribution in [0.2, 0.25) is 5.02 Å². The van der Waals surface area contributed by atoms with Gasteiger partial charge in [0.05, 0.1) is 28.9 Å². The number of carbonyl (C=O) groups excluding carboxylic acids is 1. The normalized spacial score (nSPS) is 21.8. The predicted octanol–water partition coefficient (Wildman–Crippen LogP) is 2.00. The fourth-order valence-corrected chi connectivity index (χ4v) is 2.64. The number of ether oxygens (including phenoxy) is 2. The first-order valence-corrected chi connectivity index (χ1v) is 6.86. The summed E-state index contributed by atoms with van der Waals surface area (Å²) in [6.45, 7) is 5.39. The summed E-state index contributed by atoms with van der Waals surface area (Å²) in [6, 6.07) is 1.64. The van der Waals surface area contributed by atoms with Gasteiger partial charge in [-0.3, -0.25) is 9.78 Å². The first kappa shape index (κ1) is 15.2. The Labute approximate surface area is 123 Å². The molecule has 0 saturated carbocycles. The summed E-state index contributed by atoms with van der Waals surface area (Å²) in [5.41, 5.74) is 0.0619. The van der Waals surface area contributed by atoms with E-state index in [9.17, 15) is 4.79 Å². The summed E-state index contributed by atoms with van der Waals surface area (Å²) < 4.78 is 11.0. The first-order valence-electron chi connectivity index (χ1n) is 6.48. The molecule has 2 heterocycles. The molecule has 0 aliphatic carbocycles. The van der Waals surface area contributed by atoms with Gasteiger partial charge in [-0.05, 0) is 19.9 Å². The Hall–Kier alpha value is -1.17. The molecule has 1 unspecified atom stereocenters. The second kappa shape index (κ2) is 6.08. The van der Waals surface area contributed by atoms with Crippen molar-refractivity contribution < 1.29 is 14.3 Å². The SMILES string of the molecule is COCC1CN(C(=O)c2ccncc2Cl)CC(C)(C)O1. The molecule has 1 aliphatic heterocycles. The molecule has 1 saturated heterocycles. The number of pyridine rings is 1. The van der Waals surface area contributed by atoms with Crippen LogP contribution in [0.15, 0.2) is 18.5 Å². The lowest BCUT2D eigenvalue weighted by molar-refractivity contribution is -0.143. The average molecular weight is 299 g/mol. The van der Waals surface area contributed by atoms with Gasteiger partial charge in [0, 0.05) is 32.6 Å². The highest BCUT2D eigenvalue weighted by Crippen LogP contribution is 2.24. The van der Waals surface area contributed by atoms with Gasteiger partial charge in [-0.25, -0.2) is 0 Å². The molecule has 1 atom stereocenters. The van der Waals surface area contributed by atoms with Crippen molar-refractivity contribution in [3.05, 3.63) is 29.0 Å². The number of methoxy groups -OCH3 is 1. The smallest absolute Gasteiger partial charge is 0.255 e. The Balaban J connectivity index is 2.18. The van der Waals surface area contributed by atoms with E-state index in [1.54, 1.807) is 24.3 Å². The number of hydrogen-bond donors (Lipinski definition) is 0. The number of amides is 1. The number of halogens is 1. The molecular weight excluding hydrogens is 280 g/mol. The molecule has 0 N–H and O–H groups in total. The van der Waals surface area contributed by atoms with E-state index in [4.69, 9.17) is 21.1 Å². The van der Waals surface area contributed by atoms with Gasteiger partial charge in [0.15, 0.2) is 0 Å². The summed E-state index contributed by atoms with van der Waals surface area (Å²) in [6.07, 6.45) is 2.91. The number of carbonyl (C=O) groups is 1. The van der Waals surface area contributed by atoms with E-state index in [1.165, 1.54) is 6.20 Å². The zero-order valence-corrected chi connectivity index (χ0v) is 12.7. The van der Waals surface area contributed by atoms with Gasteiger partial charge in [-0.1, -0.05) is 11.6 Å². The molecule has 1 aromatic heterocycles. The van der Waals surface area contributed by atoms with E-state index >= 15 is 0 Å². The summed E-state index contributed by atoms with van der Waals surface area (Å²) in [4.78, 5) is 18.2. The molecule has 110 valence electrons. The lowest BCUT2D eigenvalue weighted by atomic mass is 10.0. The molecule has 2 rings (SSSR count). The second-order valence-electron chi connectivity index (χ2n) is 5.50. The van der Waals surface area contributed by atoms with E-state index in [0.717, 1.165) is 0 Å². The minimum atomic E-state index is -0.406. The highest BCUT2D eigenvalue weighted by Gasteiger charge is 2.36. The van der Waals surface area contributed by atoms with E-state index in [-0.39, 0.29) is 12.0 Å². The topological polar surface area (TPSA) is 51.7 Å². The second-order valence-corrected chi connectivity index (χ2v) is 5.90. The van der Waals surface area contributed by atoms with Gasteiger partial charge >= 0.3 is 0 Å². The highest BCUT2D eigenvalue weighted by molar-refractivity contribution is 6.33. The molecule has 0 aromatic carbocycles. The fraction of sp³-hybridized carbons (Fsp3) is 0.571. The monoisotopic (exact) mass is 298 g/mol. The maximum Gasteiger partial charge on any atom is 0.255 e. The van der Waals surface area contributed by atoms with Gasteiger partial charge in [0.1, 0.15) is 0 Å². The van der Waals surface area contributed by atoms with Crippen molar-refractivity contribution >= 4 is 17.5 Å². The van der Waals surface area contributed by atoms with Crippen LogP contribution >= 0.6 is 11.6 Å². The predicted molar refractivity (Wildman–Crippen MR) is 76.0 cm³/mol. The van der Waals surface area contributed by atoms with Crippen molar-refractivity contribution in [2.24, 2.45) is 0 Å². The summed E-state index contributed by atoms with van der Waals surface area (Å²) >= 11 is 6.04. The third-order valence-electron chi connectivity index (χ3n) is 3.12. The van der Waals surface area contributed by atoms with Crippen LogP contribution in [-0.4, -0.2) is 54.3 Å². The molecule has 0 bridgehead atoms. The van der Waals surface area contributed by atoms with Crippen molar-refractivity contribution in [2.45, 2.75) is 25.6 Å². The number of morpholine rings is 1. The van der Waals surface area contributed by atoms with E-state index in [2.05, 4.69) is 4.98 Å². The third kappa shape index (κ3) is 3.48. The maximum atomic E-state index is 12.6. The van der Waals surface area contributed by atoms with Crippen molar-refractivity contribution in [1.82, 2.24) is 9.88 Å². The molecule has 20 heavy (non-hydrogen) atoms. The third-order valence-corrected chi connectivity index (χ3v) is 3.43. The van der Waals surface area contributed by atoms with Gasteiger partial charge in [0.25, 0.3) is 5.91 Å². The standard InChI is InChI=1S/C14H19ClN2O3/c1-14(2)9-17(7-10(20-14)8-19-3)13(18)11-4-5-16-6-12(11)15/h4-6,10H,7-9H2,1-3H3. The molecule has 1 amide bonds. The van der Waals surface area contributed by atoms with Gasteiger partial charge < -0.3 is 14.4 Å². The van der Waals surface area contributed by atoms with Crippen LogP contribution in [0.4, 0.5) is 0 Å². The molecule has 0 spiro atoms. The van der Waals surface area contributed by atoms with Crippen LogP contribution in [0, 0.1) is 0 Å². The van der Waals surface area contributed by atoms with Crippen LogP contribution in [0.3, 0.4) is 0 Å². The van der Waals surface area contributed by atoms with Gasteiger partial charge in [-0.2, -0.15) is 0 Å². The number of aromatic nitrogens is 1. The minimum absolute atomic E-state index is 0.102. The molecule has 1 aromatic rings. The van der Waals surface area contributed by atoms with E-state index in [1.807, 2.05) is 13.8 Å². The zero-order valence-electron chi connectivity index (χ0n) is 11.9. The Morgan fingerprint density at radius 3 is 3.05 bits per heavy atom. The molecule has 1 fully saturated rings. The summed E-state index contributed by atoms with van der Waals surface area (Å²) in [7, 11) is 1.62. The van der Waals surface area contributed by atoms with Crippen molar-refractivity contribution in [3.63, 3.8) is 0 Å². The maximum absolute atomic E-state index is 12.6. The van der Waals surface area contributed by atoms with Crippen LogP contribution in [0.5, 0.6) is 0 Å². The largest absolute Gasteiger partial charge is 0.382 e. The minimum Gasteiger partial charge on any atom is -0.382 e. The molecule has 1 aliphatic rings. The van der Waals surface area contributed by atoms with E-state index < -0.39 is 5.60 Å². The number of rotatable bonds is 3. The Morgan fingerprint density at radius 2 is 2.40 bits per heavy atom. The van der Waals surface area contributed by atoms with Crippen molar-refractivity contribution in [3.8, 4) is 0 Å². The Bertz CT molecular complexity index is 493. The van der Waals surface area contributed by atoms with Crippen LogP contribution in [-0.2, 0) is 9.47 Å². The molecule has 0 radical (unpaired) electrons. The van der Waals surface area contributed by atoms with Gasteiger partial charge in [0.2, 0.25) is 0 Å².